The summed E-state index contributed by atoms with van der Waals surface area (Å²) in [5.74, 6) is 0.479. The third-order valence-corrected chi connectivity index (χ3v) is 6.50. The van der Waals surface area contributed by atoms with Crippen molar-refractivity contribution in [1.29, 1.82) is 0 Å². The summed E-state index contributed by atoms with van der Waals surface area (Å²) >= 11 is -0.180. The summed E-state index contributed by atoms with van der Waals surface area (Å²) in [5, 5.41) is 3.19. The topological polar surface area (TPSA) is 59.3 Å². The van der Waals surface area contributed by atoms with E-state index < -0.39 is 5.51 Å². The van der Waals surface area contributed by atoms with Crippen molar-refractivity contribution in [2.24, 2.45) is 0 Å². The normalized spacial score (nSPS) is 15.6. The van der Waals surface area contributed by atoms with E-state index in [1.165, 1.54) is 16.7 Å². The number of nitrogens with zero attached hydrogens (tertiary/aromatic N) is 3. The molecule has 5 rings (SSSR count). The lowest BCUT2D eigenvalue weighted by Crippen LogP contribution is -2.45. The molecule has 2 heterocycles. The molecule has 6 nitrogen and oxygen atoms in total. The van der Waals surface area contributed by atoms with E-state index >= 15 is 0 Å². The van der Waals surface area contributed by atoms with Gasteiger partial charge < -0.3 is 10.2 Å². The van der Waals surface area contributed by atoms with Crippen LogP contribution in [0.1, 0.15) is 24.4 Å². The van der Waals surface area contributed by atoms with Gasteiger partial charge in [-0.1, -0.05) is 18.2 Å². The molecule has 34 heavy (non-hydrogen) atoms. The zero-order valence-corrected chi connectivity index (χ0v) is 19.0. The minimum atomic E-state index is -4.36. The molecule has 0 amide bonds. The van der Waals surface area contributed by atoms with E-state index in [0.29, 0.717) is 35.0 Å². The highest BCUT2D eigenvalue weighted by Gasteiger charge is 2.34. The molecule has 0 atom stereocenters. The van der Waals surface area contributed by atoms with Crippen molar-refractivity contribution in [2.75, 3.05) is 23.8 Å². The second kappa shape index (κ2) is 8.43. The predicted octanol–water partition coefficient (Wildman–Crippen LogP) is 4.85. The second-order valence-electron chi connectivity index (χ2n) is 8.25. The van der Waals surface area contributed by atoms with Gasteiger partial charge >= 0.3 is 11.2 Å². The number of nitrogens with one attached hydrogen (secondary N) is 1. The standard InChI is InChI=1S/C24H21F3N4O2S/c1-29-14-13-19(28-15-7-11-18(12-8-15)34-24(25,26)27)20-21(29)30(16-5-3-2-4-6-16)23(33)31(22(20)32)17-9-10-17/h2-8,11-13,17,28H,9-10,14H2,1H3. The number of likely N-dealkylation sites (N-methyl/N-ethyl adjacent to an activating group) is 1. The average molecular weight is 487 g/mol. The summed E-state index contributed by atoms with van der Waals surface area (Å²) in [5.41, 5.74) is -3.03. The van der Waals surface area contributed by atoms with E-state index in [1.807, 2.05) is 48.4 Å². The first-order valence-electron chi connectivity index (χ1n) is 10.7. The molecule has 176 valence electrons. The van der Waals surface area contributed by atoms with Gasteiger partial charge in [0.05, 0.1) is 11.4 Å². The lowest BCUT2D eigenvalue weighted by molar-refractivity contribution is -0.0328. The van der Waals surface area contributed by atoms with Crippen LogP contribution < -0.4 is 21.5 Å². The number of thioether (sulfide) groups is 1. The van der Waals surface area contributed by atoms with Gasteiger partial charge in [0, 0.05) is 30.2 Å². The quantitative estimate of drug-likeness (QED) is 0.523. The van der Waals surface area contributed by atoms with Crippen LogP contribution in [0, 0.1) is 0 Å². The zero-order valence-electron chi connectivity index (χ0n) is 18.2. The number of benzene rings is 2. The zero-order chi connectivity index (χ0) is 24.0. The van der Waals surface area contributed by atoms with Crippen LogP contribution in [-0.4, -0.2) is 28.2 Å². The van der Waals surface area contributed by atoms with Crippen molar-refractivity contribution >= 4 is 29.0 Å². The number of alkyl halides is 3. The number of fused-ring (bicyclic) bond motifs is 1. The molecule has 0 bridgehead atoms. The van der Waals surface area contributed by atoms with Crippen molar-refractivity contribution in [3.63, 3.8) is 0 Å². The Morgan fingerprint density at radius 1 is 1.00 bits per heavy atom. The summed E-state index contributed by atoms with van der Waals surface area (Å²) in [4.78, 5) is 29.0. The lowest BCUT2D eigenvalue weighted by Gasteiger charge is -2.31. The molecule has 0 radical (unpaired) electrons. The smallest absolute Gasteiger partial charge is 0.356 e. The van der Waals surface area contributed by atoms with Crippen LogP contribution in [0.25, 0.3) is 11.4 Å². The van der Waals surface area contributed by atoms with E-state index in [0.717, 1.165) is 12.8 Å². The Kier molecular flexibility index (Phi) is 5.55. The van der Waals surface area contributed by atoms with Gasteiger partial charge in [0.1, 0.15) is 11.4 Å². The maximum atomic E-state index is 13.6. The third kappa shape index (κ3) is 4.25. The average Bonchev–Trinajstić information content (AvgIpc) is 3.62. The molecule has 0 spiro atoms. The van der Waals surface area contributed by atoms with E-state index in [-0.39, 0.29) is 33.9 Å². The summed E-state index contributed by atoms with van der Waals surface area (Å²) in [6.45, 7) is 0.441. The van der Waals surface area contributed by atoms with Gasteiger partial charge in [-0.05, 0) is 67.1 Å². The Morgan fingerprint density at radius 2 is 1.68 bits per heavy atom. The highest BCUT2D eigenvalue weighted by Crippen LogP contribution is 2.38. The largest absolute Gasteiger partial charge is 0.446 e. The molecule has 2 aromatic carbocycles. The van der Waals surface area contributed by atoms with Crippen molar-refractivity contribution in [3.8, 4) is 5.69 Å². The number of para-hydroxylation sites is 1. The fourth-order valence-corrected chi connectivity index (χ4v) is 4.64. The first-order chi connectivity index (χ1) is 16.2. The molecule has 1 saturated carbocycles. The van der Waals surface area contributed by atoms with Crippen molar-refractivity contribution in [3.05, 3.63) is 87.1 Å². The maximum Gasteiger partial charge on any atom is 0.446 e. The SMILES string of the molecule is CN1CC=C(Nc2ccc(SC(F)(F)F)cc2)c2c1n(-c1ccccc1)c(=O)n(C1CC1)c2=O. The summed E-state index contributed by atoms with van der Waals surface area (Å²) in [7, 11) is 1.81. The number of hydrogen-bond donors (Lipinski definition) is 1. The van der Waals surface area contributed by atoms with E-state index in [2.05, 4.69) is 5.32 Å². The van der Waals surface area contributed by atoms with Gasteiger partial charge in [-0.25, -0.2) is 9.36 Å². The molecule has 1 N–H and O–H groups in total. The van der Waals surface area contributed by atoms with Crippen LogP contribution in [0.4, 0.5) is 24.7 Å². The molecule has 1 aromatic heterocycles. The van der Waals surface area contributed by atoms with E-state index in [4.69, 9.17) is 0 Å². The molecule has 0 unspecified atom stereocenters. The van der Waals surface area contributed by atoms with Crippen LogP contribution in [0.3, 0.4) is 0 Å². The van der Waals surface area contributed by atoms with E-state index in [9.17, 15) is 22.8 Å². The first-order valence-corrected chi connectivity index (χ1v) is 11.6. The number of anilines is 2. The number of rotatable bonds is 5. The Bertz CT molecular complexity index is 1370. The molecule has 1 fully saturated rings. The lowest BCUT2D eigenvalue weighted by atomic mass is 10.1. The van der Waals surface area contributed by atoms with E-state index in [1.54, 1.807) is 16.7 Å². The number of hydrogen-bond acceptors (Lipinski definition) is 5. The fourth-order valence-electron chi connectivity index (χ4n) is 4.10. The summed E-state index contributed by atoms with van der Waals surface area (Å²) in [6, 6.07) is 14.9. The molecule has 3 aromatic rings. The van der Waals surface area contributed by atoms with Gasteiger partial charge in [-0.2, -0.15) is 13.2 Å². The molecule has 1 aliphatic carbocycles. The van der Waals surface area contributed by atoms with Crippen molar-refractivity contribution in [2.45, 2.75) is 29.3 Å². The maximum absolute atomic E-state index is 13.6. The predicted molar refractivity (Wildman–Crippen MR) is 128 cm³/mol. The highest BCUT2D eigenvalue weighted by atomic mass is 32.2. The minimum Gasteiger partial charge on any atom is -0.356 e. The summed E-state index contributed by atoms with van der Waals surface area (Å²) in [6.07, 6.45) is 3.38. The van der Waals surface area contributed by atoms with Crippen LogP contribution in [0.5, 0.6) is 0 Å². The first kappa shape index (κ1) is 22.4. The Hall–Kier alpha value is -3.40. The molecular formula is C24H21F3N4O2S. The molecule has 1 aliphatic heterocycles. The Morgan fingerprint density at radius 3 is 2.29 bits per heavy atom. The van der Waals surface area contributed by atoms with Gasteiger partial charge in [-0.3, -0.25) is 9.36 Å². The highest BCUT2D eigenvalue weighted by molar-refractivity contribution is 8.00. The van der Waals surface area contributed by atoms with Gasteiger partial charge in [0.15, 0.2) is 0 Å². The molecular weight excluding hydrogens is 465 g/mol. The van der Waals surface area contributed by atoms with Crippen LogP contribution in [0.2, 0.25) is 0 Å². The Balaban J connectivity index is 1.61. The number of halogens is 3. The van der Waals surface area contributed by atoms with Gasteiger partial charge in [0.25, 0.3) is 5.56 Å². The van der Waals surface area contributed by atoms with Crippen molar-refractivity contribution < 1.29 is 13.2 Å². The van der Waals surface area contributed by atoms with Crippen LogP contribution in [0.15, 0.2) is 75.2 Å². The fraction of sp³-hybridized carbons (Fsp3) is 0.250. The summed E-state index contributed by atoms with van der Waals surface area (Å²) < 4.78 is 40.8. The van der Waals surface area contributed by atoms with Gasteiger partial charge in [-0.15, -0.1) is 0 Å². The molecule has 2 aliphatic rings. The third-order valence-electron chi connectivity index (χ3n) is 5.76. The van der Waals surface area contributed by atoms with Gasteiger partial charge in [0.2, 0.25) is 0 Å². The minimum absolute atomic E-state index is 0.0739. The van der Waals surface area contributed by atoms with Crippen molar-refractivity contribution in [1.82, 2.24) is 9.13 Å². The number of aromatic nitrogens is 2. The Labute approximate surface area is 197 Å². The molecule has 10 heteroatoms. The van der Waals surface area contributed by atoms with Crippen LogP contribution in [-0.2, 0) is 0 Å². The van der Waals surface area contributed by atoms with Crippen LogP contribution >= 0.6 is 11.8 Å². The monoisotopic (exact) mass is 486 g/mol. The molecule has 0 saturated heterocycles. The second-order valence-corrected chi connectivity index (χ2v) is 9.39.